The van der Waals surface area contributed by atoms with Crippen LogP contribution in [0.1, 0.15) is 42.3 Å². The van der Waals surface area contributed by atoms with Gasteiger partial charge in [-0.1, -0.05) is 45.0 Å². The molecular weight excluding hydrogens is 234 g/mol. The molecule has 2 rings (SSSR count). The molecule has 2 nitrogen and oxygen atoms in total. The predicted molar refractivity (Wildman–Crippen MR) is 79.4 cm³/mol. The van der Waals surface area contributed by atoms with E-state index in [4.69, 9.17) is 5.73 Å². The molecule has 2 heteroatoms. The van der Waals surface area contributed by atoms with Gasteiger partial charge in [0.15, 0.2) is 5.78 Å². The average molecular weight is 253 g/mol. The molecule has 0 unspecified atom stereocenters. The van der Waals surface area contributed by atoms with Crippen molar-refractivity contribution >= 4 is 11.5 Å². The Labute approximate surface area is 114 Å². The first-order valence-electron chi connectivity index (χ1n) is 6.39. The zero-order valence-corrected chi connectivity index (χ0v) is 11.6. The number of benzene rings is 2. The second-order valence-corrected chi connectivity index (χ2v) is 5.78. The predicted octanol–water partition coefficient (Wildman–Crippen LogP) is 3.80. The van der Waals surface area contributed by atoms with Gasteiger partial charge in [-0.2, -0.15) is 0 Å². The van der Waals surface area contributed by atoms with Crippen molar-refractivity contribution in [1.29, 1.82) is 0 Å². The summed E-state index contributed by atoms with van der Waals surface area (Å²) in [7, 11) is 0. The molecule has 98 valence electrons. The van der Waals surface area contributed by atoms with E-state index in [-0.39, 0.29) is 11.2 Å². The molecule has 0 aromatic heterocycles. The van der Waals surface area contributed by atoms with E-state index in [0.29, 0.717) is 16.8 Å². The lowest BCUT2D eigenvalue weighted by atomic mass is 9.86. The Bertz CT molecular complexity index is 574. The number of carbonyl (C=O) groups is 1. The Kier molecular flexibility index (Phi) is 3.43. The molecule has 0 aliphatic heterocycles. The number of carbonyl (C=O) groups excluding carboxylic acids is 1. The maximum absolute atomic E-state index is 12.3. The SMILES string of the molecule is CC(C)(C)c1ccc(C(=O)c2ccc(N)cc2)cc1. The van der Waals surface area contributed by atoms with Gasteiger partial charge in [0.25, 0.3) is 0 Å². The van der Waals surface area contributed by atoms with Crippen molar-refractivity contribution in [3.63, 3.8) is 0 Å². The summed E-state index contributed by atoms with van der Waals surface area (Å²) in [5.41, 5.74) is 8.98. The number of hydrogen-bond donors (Lipinski definition) is 1. The zero-order chi connectivity index (χ0) is 14.0. The monoisotopic (exact) mass is 253 g/mol. The molecule has 0 bridgehead atoms. The molecule has 0 aliphatic rings. The van der Waals surface area contributed by atoms with Gasteiger partial charge in [0.05, 0.1) is 0 Å². The normalized spacial score (nSPS) is 11.3. The van der Waals surface area contributed by atoms with Crippen LogP contribution in [0.4, 0.5) is 5.69 Å². The van der Waals surface area contributed by atoms with Crippen LogP contribution in [0.25, 0.3) is 0 Å². The third-order valence-corrected chi connectivity index (χ3v) is 3.19. The van der Waals surface area contributed by atoms with Crippen molar-refractivity contribution in [2.24, 2.45) is 0 Å². The minimum absolute atomic E-state index is 0.0282. The van der Waals surface area contributed by atoms with Crippen LogP contribution >= 0.6 is 0 Å². The van der Waals surface area contributed by atoms with Gasteiger partial charge >= 0.3 is 0 Å². The van der Waals surface area contributed by atoms with Crippen LogP contribution in [0.3, 0.4) is 0 Å². The van der Waals surface area contributed by atoms with Gasteiger partial charge in [-0.15, -0.1) is 0 Å². The van der Waals surface area contributed by atoms with Crippen LogP contribution in [-0.2, 0) is 5.41 Å². The van der Waals surface area contributed by atoms with E-state index in [1.165, 1.54) is 5.56 Å². The number of nitrogen functional groups attached to an aromatic ring is 1. The summed E-state index contributed by atoms with van der Waals surface area (Å²) in [5.74, 6) is 0.0282. The van der Waals surface area contributed by atoms with Crippen molar-refractivity contribution in [1.82, 2.24) is 0 Å². The Morgan fingerprint density at radius 1 is 0.842 bits per heavy atom. The fourth-order valence-electron chi connectivity index (χ4n) is 1.92. The highest BCUT2D eigenvalue weighted by Gasteiger charge is 2.14. The molecule has 19 heavy (non-hydrogen) atoms. The van der Waals surface area contributed by atoms with Crippen LogP contribution in [0.15, 0.2) is 48.5 Å². The third-order valence-electron chi connectivity index (χ3n) is 3.19. The fourth-order valence-corrected chi connectivity index (χ4v) is 1.92. The first-order chi connectivity index (χ1) is 8.88. The van der Waals surface area contributed by atoms with E-state index in [9.17, 15) is 4.79 Å². The molecule has 0 fully saturated rings. The Hall–Kier alpha value is -2.09. The number of anilines is 1. The minimum atomic E-state index is 0.0282. The molecule has 0 aliphatic carbocycles. The fraction of sp³-hybridized carbons (Fsp3) is 0.235. The lowest BCUT2D eigenvalue weighted by Gasteiger charge is -2.19. The molecule has 2 aromatic carbocycles. The number of rotatable bonds is 2. The maximum atomic E-state index is 12.3. The molecule has 0 spiro atoms. The van der Waals surface area contributed by atoms with E-state index in [2.05, 4.69) is 20.8 Å². The van der Waals surface area contributed by atoms with Gasteiger partial charge < -0.3 is 5.73 Å². The molecule has 2 aromatic rings. The van der Waals surface area contributed by atoms with Crippen LogP contribution in [0.2, 0.25) is 0 Å². The standard InChI is InChI=1S/C17H19NO/c1-17(2,3)14-8-4-12(5-9-14)16(19)13-6-10-15(18)11-7-13/h4-11H,18H2,1-3H3. The summed E-state index contributed by atoms with van der Waals surface area (Å²) in [6, 6.07) is 14.8. The van der Waals surface area contributed by atoms with E-state index < -0.39 is 0 Å². The molecule has 0 saturated carbocycles. The summed E-state index contributed by atoms with van der Waals surface area (Å²) in [5, 5.41) is 0. The van der Waals surface area contributed by atoms with Crippen LogP contribution in [0.5, 0.6) is 0 Å². The topological polar surface area (TPSA) is 43.1 Å². The quantitative estimate of drug-likeness (QED) is 0.653. The minimum Gasteiger partial charge on any atom is -0.399 e. The summed E-state index contributed by atoms with van der Waals surface area (Å²) in [6.07, 6.45) is 0. The molecule has 2 N–H and O–H groups in total. The Balaban J connectivity index is 2.27. The zero-order valence-electron chi connectivity index (χ0n) is 11.6. The van der Waals surface area contributed by atoms with Gasteiger partial charge in [0.2, 0.25) is 0 Å². The summed E-state index contributed by atoms with van der Waals surface area (Å²) in [6.45, 7) is 6.47. The molecular formula is C17H19NO. The maximum Gasteiger partial charge on any atom is 0.193 e. The Morgan fingerprint density at radius 2 is 1.26 bits per heavy atom. The van der Waals surface area contributed by atoms with Gasteiger partial charge in [0, 0.05) is 16.8 Å². The van der Waals surface area contributed by atoms with E-state index in [0.717, 1.165) is 0 Å². The highest BCUT2D eigenvalue weighted by Crippen LogP contribution is 2.23. The van der Waals surface area contributed by atoms with Crippen LogP contribution in [0, 0.1) is 0 Å². The van der Waals surface area contributed by atoms with Crippen LogP contribution < -0.4 is 5.73 Å². The smallest absolute Gasteiger partial charge is 0.193 e. The molecule has 0 amide bonds. The Morgan fingerprint density at radius 3 is 1.68 bits per heavy atom. The highest BCUT2D eigenvalue weighted by molar-refractivity contribution is 6.09. The first kappa shape index (κ1) is 13.3. The van der Waals surface area contributed by atoms with Gasteiger partial charge in [-0.3, -0.25) is 4.79 Å². The van der Waals surface area contributed by atoms with Gasteiger partial charge in [-0.05, 0) is 35.2 Å². The molecule has 0 atom stereocenters. The third kappa shape index (κ3) is 3.02. The largest absolute Gasteiger partial charge is 0.399 e. The number of nitrogens with two attached hydrogens (primary N) is 1. The average Bonchev–Trinajstić information content (AvgIpc) is 2.38. The van der Waals surface area contributed by atoms with Crippen molar-refractivity contribution < 1.29 is 4.79 Å². The number of hydrogen-bond acceptors (Lipinski definition) is 2. The van der Waals surface area contributed by atoms with E-state index in [1.54, 1.807) is 24.3 Å². The van der Waals surface area contributed by atoms with Crippen molar-refractivity contribution in [2.45, 2.75) is 26.2 Å². The highest BCUT2D eigenvalue weighted by atomic mass is 16.1. The summed E-state index contributed by atoms with van der Waals surface area (Å²) >= 11 is 0. The summed E-state index contributed by atoms with van der Waals surface area (Å²) < 4.78 is 0. The van der Waals surface area contributed by atoms with Crippen molar-refractivity contribution in [3.05, 3.63) is 65.2 Å². The second-order valence-electron chi connectivity index (χ2n) is 5.78. The van der Waals surface area contributed by atoms with E-state index in [1.807, 2.05) is 24.3 Å². The van der Waals surface area contributed by atoms with Crippen molar-refractivity contribution in [3.8, 4) is 0 Å². The lowest BCUT2D eigenvalue weighted by Crippen LogP contribution is -2.11. The van der Waals surface area contributed by atoms with Crippen molar-refractivity contribution in [2.75, 3.05) is 5.73 Å². The molecule has 0 radical (unpaired) electrons. The number of ketones is 1. The first-order valence-corrected chi connectivity index (χ1v) is 6.39. The molecule has 0 saturated heterocycles. The van der Waals surface area contributed by atoms with Gasteiger partial charge in [0.1, 0.15) is 0 Å². The summed E-state index contributed by atoms with van der Waals surface area (Å²) in [4.78, 5) is 12.3. The second kappa shape index (κ2) is 4.88. The lowest BCUT2D eigenvalue weighted by molar-refractivity contribution is 0.103. The molecule has 0 heterocycles. The van der Waals surface area contributed by atoms with E-state index >= 15 is 0 Å². The van der Waals surface area contributed by atoms with Crippen LogP contribution in [-0.4, -0.2) is 5.78 Å². The van der Waals surface area contributed by atoms with Gasteiger partial charge in [-0.25, -0.2) is 0 Å².